The third-order valence-corrected chi connectivity index (χ3v) is 5.17. The second-order valence-corrected chi connectivity index (χ2v) is 8.05. The lowest BCUT2D eigenvalue weighted by Gasteiger charge is -2.33. The van der Waals surface area contributed by atoms with Crippen molar-refractivity contribution in [3.8, 4) is 0 Å². The normalized spacial score (nSPS) is 25.4. The smallest absolute Gasteiger partial charge is 0.407 e. The van der Waals surface area contributed by atoms with E-state index >= 15 is 0 Å². The Kier molecular flexibility index (Phi) is 6.02. The molecule has 1 heterocycles. The molecular formula is C17H24Cl2N2O3. The van der Waals surface area contributed by atoms with Crippen molar-refractivity contribution in [1.82, 2.24) is 4.90 Å². The molecule has 0 bridgehead atoms. The fourth-order valence-electron chi connectivity index (χ4n) is 2.90. The summed E-state index contributed by atoms with van der Waals surface area (Å²) in [5.41, 5.74) is 6.62. The van der Waals surface area contributed by atoms with Crippen molar-refractivity contribution >= 4 is 29.3 Å². The number of amides is 1. The minimum Gasteiger partial charge on any atom is -0.465 e. The number of carboxylic acid groups (broad SMARTS) is 1. The zero-order valence-corrected chi connectivity index (χ0v) is 15.6. The van der Waals surface area contributed by atoms with Gasteiger partial charge in [0, 0.05) is 19.0 Å². The highest BCUT2D eigenvalue weighted by molar-refractivity contribution is 6.42. The minimum absolute atomic E-state index is 0.201. The maximum Gasteiger partial charge on any atom is 0.407 e. The van der Waals surface area contributed by atoms with E-state index in [0.29, 0.717) is 29.7 Å². The predicted octanol–water partition coefficient (Wildman–Crippen LogP) is 3.83. The molecule has 0 saturated carbocycles. The average Bonchev–Trinajstić information content (AvgIpc) is 2.69. The number of hydrogen-bond acceptors (Lipinski definition) is 3. The summed E-state index contributed by atoms with van der Waals surface area (Å²) >= 11 is 12.1. The van der Waals surface area contributed by atoms with Gasteiger partial charge in [0.15, 0.2) is 0 Å². The van der Waals surface area contributed by atoms with Crippen molar-refractivity contribution in [2.24, 2.45) is 11.1 Å². The Balaban J connectivity index is 2.41. The number of benzene rings is 1. The molecule has 3 atom stereocenters. The molecule has 2 rings (SSSR count). The van der Waals surface area contributed by atoms with Crippen LogP contribution in [0.4, 0.5) is 4.79 Å². The van der Waals surface area contributed by atoms with Gasteiger partial charge in [-0.15, -0.1) is 0 Å². The Morgan fingerprint density at radius 2 is 2.00 bits per heavy atom. The fraction of sp³-hybridized carbons (Fsp3) is 0.588. The summed E-state index contributed by atoms with van der Waals surface area (Å²) < 4.78 is 6.24. The van der Waals surface area contributed by atoms with Gasteiger partial charge >= 0.3 is 6.09 Å². The monoisotopic (exact) mass is 374 g/mol. The van der Waals surface area contributed by atoms with Crippen molar-refractivity contribution in [3.05, 3.63) is 33.8 Å². The lowest BCUT2D eigenvalue weighted by Crippen LogP contribution is -2.42. The number of halogens is 2. The van der Waals surface area contributed by atoms with Crippen LogP contribution in [0.2, 0.25) is 10.0 Å². The zero-order chi connectivity index (χ0) is 18.1. The first-order valence-electron chi connectivity index (χ1n) is 7.91. The fourth-order valence-corrected chi connectivity index (χ4v) is 3.20. The molecule has 5 nitrogen and oxygen atoms in total. The molecule has 134 valence electrons. The highest BCUT2D eigenvalue weighted by Gasteiger charge is 2.39. The topological polar surface area (TPSA) is 75.8 Å². The Morgan fingerprint density at radius 1 is 1.33 bits per heavy atom. The van der Waals surface area contributed by atoms with Gasteiger partial charge < -0.3 is 20.5 Å². The standard InChI is InChI=1S/C17H24Cl2N2O3/c1-17(2,3)15-9-21(16(22)23)8-11(14(7-20)24-15)10-4-5-12(18)13(19)6-10/h4-6,11,14-15H,7-9,20H2,1-3H3,(H,22,23). The van der Waals surface area contributed by atoms with Crippen LogP contribution in [0.15, 0.2) is 18.2 Å². The number of ether oxygens (including phenoxy) is 1. The van der Waals surface area contributed by atoms with Crippen LogP contribution in [0, 0.1) is 5.41 Å². The summed E-state index contributed by atoms with van der Waals surface area (Å²) in [6.07, 6.45) is -1.50. The van der Waals surface area contributed by atoms with Crippen LogP contribution >= 0.6 is 23.2 Å². The summed E-state index contributed by atoms with van der Waals surface area (Å²) in [5.74, 6) is -0.201. The van der Waals surface area contributed by atoms with Crippen molar-refractivity contribution in [1.29, 1.82) is 0 Å². The first-order chi connectivity index (χ1) is 11.1. The highest BCUT2D eigenvalue weighted by atomic mass is 35.5. The van der Waals surface area contributed by atoms with Crippen LogP contribution in [-0.2, 0) is 4.74 Å². The number of hydrogen-bond donors (Lipinski definition) is 2. The molecule has 0 spiro atoms. The largest absolute Gasteiger partial charge is 0.465 e. The van der Waals surface area contributed by atoms with Gasteiger partial charge in [-0.1, -0.05) is 50.0 Å². The number of rotatable bonds is 2. The Bertz CT molecular complexity index is 604. The van der Waals surface area contributed by atoms with E-state index in [2.05, 4.69) is 0 Å². The van der Waals surface area contributed by atoms with E-state index in [0.717, 1.165) is 5.56 Å². The number of nitrogens with two attached hydrogens (primary N) is 1. The maximum absolute atomic E-state index is 11.7. The van der Waals surface area contributed by atoms with Gasteiger partial charge in [-0.2, -0.15) is 0 Å². The number of carbonyl (C=O) groups is 1. The Hall–Kier alpha value is -1.01. The van der Waals surface area contributed by atoms with Crippen molar-refractivity contribution in [2.45, 2.75) is 38.9 Å². The summed E-state index contributed by atoms with van der Waals surface area (Å²) in [6, 6.07) is 5.32. The van der Waals surface area contributed by atoms with Crippen molar-refractivity contribution in [3.63, 3.8) is 0 Å². The van der Waals surface area contributed by atoms with Crippen LogP contribution in [0.1, 0.15) is 32.3 Å². The third-order valence-electron chi connectivity index (χ3n) is 4.43. The summed E-state index contributed by atoms with van der Waals surface area (Å²) in [4.78, 5) is 13.1. The maximum atomic E-state index is 11.7. The molecule has 24 heavy (non-hydrogen) atoms. The van der Waals surface area contributed by atoms with Gasteiger partial charge in [0.2, 0.25) is 0 Å². The summed E-state index contributed by atoms with van der Waals surface area (Å²) in [6.45, 7) is 7.01. The lowest BCUT2D eigenvalue weighted by molar-refractivity contribution is -0.0619. The summed E-state index contributed by atoms with van der Waals surface area (Å²) in [7, 11) is 0. The molecule has 1 aromatic carbocycles. The van der Waals surface area contributed by atoms with Gasteiger partial charge in [0.25, 0.3) is 0 Å². The second kappa shape index (κ2) is 7.48. The predicted molar refractivity (Wildman–Crippen MR) is 96.0 cm³/mol. The quantitative estimate of drug-likeness (QED) is 0.824. The Morgan fingerprint density at radius 3 is 2.50 bits per heavy atom. The first kappa shape index (κ1) is 19.3. The highest BCUT2D eigenvalue weighted by Crippen LogP contribution is 2.35. The second-order valence-electron chi connectivity index (χ2n) is 7.23. The first-order valence-corrected chi connectivity index (χ1v) is 8.67. The van der Waals surface area contributed by atoms with E-state index in [4.69, 9.17) is 33.7 Å². The van der Waals surface area contributed by atoms with Crippen LogP contribution in [-0.4, -0.2) is 47.9 Å². The van der Waals surface area contributed by atoms with E-state index in [1.54, 1.807) is 12.1 Å². The molecule has 0 aliphatic carbocycles. The molecule has 1 fully saturated rings. The van der Waals surface area contributed by atoms with Gasteiger partial charge in [-0.05, 0) is 23.1 Å². The molecule has 3 unspecified atom stereocenters. The molecule has 1 amide bonds. The van der Waals surface area contributed by atoms with Crippen LogP contribution in [0.5, 0.6) is 0 Å². The molecule has 1 aliphatic heterocycles. The van der Waals surface area contributed by atoms with E-state index in [-0.39, 0.29) is 23.5 Å². The third kappa shape index (κ3) is 4.33. The van der Waals surface area contributed by atoms with Crippen LogP contribution < -0.4 is 5.73 Å². The molecule has 1 aliphatic rings. The van der Waals surface area contributed by atoms with Gasteiger partial charge in [-0.25, -0.2) is 4.79 Å². The Labute approximate surface area is 152 Å². The molecule has 1 saturated heterocycles. The zero-order valence-electron chi connectivity index (χ0n) is 14.1. The molecule has 0 radical (unpaired) electrons. The van der Waals surface area contributed by atoms with E-state index in [9.17, 15) is 9.90 Å². The summed E-state index contributed by atoms with van der Waals surface area (Å²) in [5, 5.41) is 10.5. The van der Waals surface area contributed by atoms with E-state index in [1.165, 1.54) is 4.90 Å². The van der Waals surface area contributed by atoms with Gasteiger partial charge in [-0.3, -0.25) is 0 Å². The van der Waals surface area contributed by atoms with Crippen molar-refractivity contribution < 1.29 is 14.6 Å². The van der Waals surface area contributed by atoms with Gasteiger partial charge in [0.05, 0.1) is 28.8 Å². The minimum atomic E-state index is -0.962. The van der Waals surface area contributed by atoms with Crippen LogP contribution in [0.3, 0.4) is 0 Å². The average molecular weight is 375 g/mol. The van der Waals surface area contributed by atoms with Crippen molar-refractivity contribution in [2.75, 3.05) is 19.6 Å². The van der Waals surface area contributed by atoms with Gasteiger partial charge in [0.1, 0.15) is 0 Å². The molecule has 3 N–H and O–H groups in total. The molecule has 1 aromatic rings. The molecule has 0 aromatic heterocycles. The molecule has 7 heteroatoms. The SMILES string of the molecule is CC(C)(C)C1CN(C(=O)O)CC(c2ccc(Cl)c(Cl)c2)C(CN)O1. The van der Waals surface area contributed by atoms with Crippen LogP contribution in [0.25, 0.3) is 0 Å². The molecular weight excluding hydrogens is 351 g/mol. The van der Waals surface area contributed by atoms with E-state index < -0.39 is 6.09 Å². The van der Waals surface area contributed by atoms with E-state index in [1.807, 2.05) is 26.8 Å². The lowest BCUT2D eigenvalue weighted by atomic mass is 9.88. The number of nitrogens with zero attached hydrogens (tertiary/aromatic N) is 1.